The second-order valence-corrected chi connectivity index (χ2v) is 6.74. The van der Waals surface area contributed by atoms with Crippen molar-refractivity contribution in [1.29, 1.82) is 0 Å². The fourth-order valence-electron chi connectivity index (χ4n) is 2.22. The molecule has 0 saturated carbocycles. The third kappa shape index (κ3) is 3.74. The van der Waals surface area contributed by atoms with Gasteiger partial charge in [-0.05, 0) is 17.5 Å². The molecule has 2 aromatic rings. The molecule has 0 amide bonds. The van der Waals surface area contributed by atoms with Crippen LogP contribution in [0.15, 0.2) is 42.4 Å². The van der Waals surface area contributed by atoms with E-state index in [-0.39, 0.29) is 27.0 Å². The van der Waals surface area contributed by atoms with Crippen molar-refractivity contribution in [2.45, 2.75) is 9.79 Å². The highest BCUT2D eigenvalue weighted by molar-refractivity contribution is 7.94. The Morgan fingerprint density at radius 2 is 1.77 bits per heavy atom. The number of benzene rings is 2. The van der Waals surface area contributed by atoms with E-state index in [1.807, 2.05) is 0 Å². The van der Waals surface area contributed by atoms with Crippen LogP contribution < -0.4 is 5.73 Å². The van der Waals surface area contributed by atoms with E-state index < -0.39 is 26.5 Å². The third-order valence-corrected chi connectivity index (χ3v) is 4.63. The lowest BCUT2D eigenvalue weighted by atomic mass is 10.1. The summed E-state index contributed by atoms with van der Waals surface area (Å²) in [5.41, 5.74) is 5.54. The lowest BCUT2D eigenvalue weighted by Crippen LogP contribution is -2.00. The molecule has 0 heterocycles. The van der Waals surface area contributed by atoms with Gasteiger partial charge in [0.05, 0.1) is 28.0 Å². The minimum absolute atomic E-state index is 0.0106. The number of phenols is 1. The van der Waals surface area contributed by atoms with Crippen LogP contribution in [0.25, 0.3) is 10.8 Å². The van der Waals surface area contributed by atoms with E-state index in [2.05, 4.69) is 29.8 Å². The zero-order valence-electron chi connectivity index (χ0n) is 13.3. The van der Waals surface area contributed by atoms with E-state index in [0.29, 0.717) is 12.0 Å². The van der Waals surface area contributed by atoms with Crippen LogP contribution in [0.3, 0.4) is 0 Å². The number of rotatable bonds is 6. The van der Waals surface area contributed by atoms with Crippen molar-refractivity contribution in [3.05, 3.63) is 12.1 Å². The van der Waals surface area contributed by atoms with Crippen molar-refractivity contribution in [2.75, 3.05) is 19.8 Å². The first-order valence-electron chi connectivity index (χ1n) is 6.60. The van der Waals surface area contributed by atoms with Gasteiger partial charge in [0.1, 0.15) is 16.3 Å². The van der Waals surface area contributed by atoms with Crippen molar-refractivity contribution < 1.29 is 32.7 Å². The molecule has 0 spiro atoms. The highest BCUT2D eigenvalue weighted by atomic mass is 32.2. The number of fused-ring (bicyclic) bond motifs is 1. The molecule has 0 atom stereocenters. The Kier molecular flexibility index (Phi) is 6.06. The fourth-order valence-corrected chi connectivity index (χ4v) is 3.39. The topological polar surface area (TPSA) is 189 Å². The van der Waals surface area contributed by atoms with Crippen LogP contribution in [-0.2, 0) is 19.5 Å². The Balaban J connectivity index is 2.98. The van der Waals surface area contributed by atoms with Crippen molar-refractivity contribution in [3.8, 4) is 5.75 Å². The first-order chi connectivity index (χ1) is 12.3. The zero-order valence-corrected chi connectivity index (χ0v) is 14.9. The molecule has 0 aliphatic rings. The van der Waals surface area contributed by atoms with Gasteiger partial charge in [-0.15, -0.1) is 4.33 Å². The number of hydrogen-bond donors (Lipinski definition) is 4. The van der Waals surface area contributed by atoms with Crippen LogP contribution in [-0.4, -0.2) is 37.4 Å². The van der Waals surface area contributed by atoms with E-state index in [1.165, 1.54) is 20.2 Å². The molecule has 0 unspecified atom stereocenters. The van der Waals surface area contributed by atoms with E-state index in [4.69, 9.17) is 11.0 Å². The quantitative estimate of drug-likeness (QED) is 0.140. The number of anilines is 1. The lowest BCUT2D eigenvalue weighted by Gasteiger charge is -2.14. The van der Waals surface area contributed by atoms with Gasteiger partial charge >= 0.3 is 0 Å². The molecule has 12 nitrogen and oxygen atoms in total. The average Bonchev–Trinajstić information content (AvgIpc) is 2.57. The van der Waals surface area contributed by atoms with Gasteiger partial charge in [0.2, 0.25) is 0 Å². The van der Waals surface area contributed by atoms with Crippen LogP contribution in [0.5, 0.6) is 5.75 Å². The molecule has 0 saturated heterocycles. The van der Waals surface area contributed by atoms with Crippen molar-refractivity contribution in [3.63, 3.8) is 0 Å². The van der Waals surface area contributed by atoms with E-state index in [0.717, 1.165) is 6.07 Å². The summed E-state index contributed by atoms with van der Waals surface area (Å²) in [6, 6.07) is 2.38. The lowest BCUT2D eigenvalue weighted by molar-refractivity contribution is -0.432. The predicted molar refractivity (Wildman–Crippen MR) is 91.4 cm³/mol. The summed E-state index contributed by atoms with van der Waals surface area (Å²) in [5.74, 6) is -0.623. The van der Waals surface area contributed by atoms with Gasteiger partial charge in [-0.3, -0.25) is 4.55 Å². The maximum absolute atomic E-state index is 11.6. The molecule has 26 heavy (non-hydrogen) atoms. The highest BCUT2D eigenvalue weighted by Gasteiger charge is 2.25. The molecule has 2 rings (SSSR count). The molecule has 2 aromatic carbocycles. The Labute approximate surface area is 151 Å². The van der Waals surface area contributed by atoms with Crippen LogP contribution in [0.4, 0.5) is 17.1 Å². The molecular formula is C12H13N5O7S2. The molecule has 0 aromatic heterocycles. The smallest absolute Gasteiger partial charge is 0.296 e. The van der Waals surface area contributed by atoms with Gasteiger partial charge < -0.3 is 10.8 Å². The van der Waals surface area contributed by atoms with Crippen LogP contribution in [0, 0.1) is 0 Å². The summed E-state index contributed by atoms with van der Waals surface area (Å²) < 4.78 is 37.0. The standard InChI is InChI=1S/C12H13N5O7S2/c1-14-16-10-6(25-24-23-19)3-5-4-7(26(20,21)22)11(17-15-2)12(18)8(5)9(10)13/h3-4,18-19H,13H2,1-2H3,(H,20,21,22). The maximum Gasteiger partial charge on any atom is 0.296 e. The molecule has 14 heteroatoms. The Morgan fingerprint density at radius 3 is 2.31 bits per heavy atom. The summed E-state index contributed by atoms with van der Waals surface area (Å²) in [6.07, 6.45) is 0. The summed E-state index contributed by atoms with van der Waals surface area (Å²) >= 11 is 0.508. The predicted octanol–water partition coefficient (Wildman–Crippen LogP) is 3.23. The van der Waals surface area contributed by atoms with E-state index in [1.54, 1.807) is 0 Å². The van der Waals surface area contributed by atoms with Crippen LogP contribution in [0.2, 0.25) is 0 Å². The summed E-state index contributed by atoms with van der Waals surface area (Å²) in [7, 11) is -2.10. The number of azo groups is 2. The molecular weight excluding hydrogens is 390 g/mol. The first kappa shape index (κ1) is 20.0. The highest BCUT2D eigenvalue weighted by Crippen LogP contribution is 2.48. The second kappa shape index (κ2) is 7.90. The Hall–Kier alpha value is -2.36. The molecule has 0 bridgehead atoms. The monoisotopic (exact) mass is 403 g/mol. The molecule has 140 valence electrons. The van der Waals surface area contributed by atoms with Gasteiger partial charge in [0.15, 0.2) is 5.75 Å². The Morgan fingerprint density at radius 1 is 1.15 bits per heavy atom. The second-order valence-electron chi connectivity index (χ2n) is 4.61. The molecule has 0 aliphatic carbocycles. The summed E-state index contributed by atoms with van der Waals surface area (Å²) in [4.78, 5) is -0.493. The van der Waals surface area contributed by atoms with E-state index in [9.17, 15) is 18.1 Å². The largest absolute Gasteiger partial charge is 0.505 e. The number of hydrogen-bond acceptors (Lipinski definition) is 12. The summed E-state index contributed by atoms with van der Waals surface area (Å²) in [6.45, 7) is 0. The fraction of sp³-hybridized carbons (Fsp3) is 0.167. The minimum atomic E-state index is -4.73. The van der Waals surface area contributed by atoms with E-state index >= 15 is 0 Å². The van der Waals surface area contributed by atoms with Gasteiger partial charge in [-0.2, -0.15) is 28.9 Å². The van der Waals surface area contributed by atoms with Gasteiger partial charge in [-0.25, -0.2) is 5.26 Å². The van der Waals surface area contributed by atoms with Crippen molar-refractivity contribution >= 4 is 50.0 Å². The molecule has 0 fully saturated rings. The first-order valence-corrected chi connectivity index (χ1v) is 8.78. The molecule has 5 N–H and O–H groups in total. The van der Waals surface area contributed by atoms with Crippen molar-refractivity contribution in [2.24, 2.45) is 20.5 Å². The van der Waals surface area contributed by atoms with Crippen LogP contribution >= 0.6 is 12.0 Å². The maximum atomic E-state index is 11.6. The number of nitrogens with zero attached hydrogens (tertiary/aromatic N) is 4. The van der Waals surface area contributed by atoms with Crippen LogP contribution in [0.1, 0.15) is 0 Å². The number of phenolic OH excluding ortho intramolecular Hbond substituents is 1. The SMILES string of the molecule is CN=Nc1c(SOOO)cc2cc(S(=O)(=O)O)c(N=NC)c(O)c2c1N. The third-order valence-electron chi connectivity index (χ3n) is 3.15. The average molecular weight is 403 g/mol. The van der Waals surface area contributed by atoms with Crippen molar-refractivity contribution in [1.82, 2.24) is 0 Å². The van der Waals surface area contributed by atoms with Gasteiger partial charge in [0, 0.05) is 14.1 Å². The number of aromatic hydroxyl groups is 1. The number of nitrogens with two attached hydrogens (primary N) is 1. The summed E-state index contributed by atoms with van der Waals surface area (Å²) in [5, 5.41) is 36.9. The normalized spacial score (nSPS) is 12.6. The number of nitrogen functional groups attached to an aromatic ring is 1. The van der Waals surface area contributed by atoms with Gasteiger partial charge in [0.25, 0.3) is 10.1 Å². The molecule has 0 aliphatic heterocycles. The Bertz CT molecular complexity index is 1010. The van der Waals surface area contributed by atoms with Gasteiger partial charge in [-0.1, -0.05) is 5.04 Å². The molecule has 0 radical (unpaired) electrons. The minimum Gasteiger partial charge on any atom is -0.505 e. The zero-order chi connectivity index (χ0) is 19.5.